The van der Waals surface area contributed by atoms with Gasteiger partial charge in [-0.25, -0.2) is 9.78 Å². The molecule has 0 bridgehead atoms. The van der Waals surface area contributed by atoms with Crippen molar-refractivity contribution in [2.24, 2.45) is 0 Å². The number of aryl methyl sites for hydroxylation is 1. The lowest BCUT2D eigenvalue weighted by Crippen LogP contribution is -2.03. The van der Waals surface area contributed by atoms with Crippen molar-refractivity contribution in [1.82, 2.24) is 4.98 Å². The van der Waals surface area contributed by atoms with E-state index in [1.807, 2.05) is 37.3 Å². The van der Waals surface area contributed by atoms with Crippen LogP contribution in [0.15, 0.2) is 51.3 Å². The minimum atomic E-state index is -0.565. The van der Waals surface area contributed by atoms with E-state index in [-0.39, 0.29) is 11.5 Å². The summed E-state index contributed by atoms with van der Waals surface area (Å²) in [6.07, 6.45) is 0. The molecule has 0 aliphatic rings. The molecule has 3 rings (SSSR count). The highest BCUT2D eigenvalue weighted by Gasteiger charge is 2.24. The normalized spacial score (nSPS) is 10.6. The zero-order chi connectivity index (χ0) is 14.8. The standard InChI is InChI=1S/C16H13NO4/c1-10-8-9-12(20-10)14-13(16(18)19-2)17-15(21-14)11-6-4-3-5-7-11/h3-9H,1-2H3. The lowest BCUT2D eigenvalue weighted by Gasteiger charge is -1.95. The first-order valence-electron chi connectivity index (χ1n) is 6.40. The Bertz CT molecular complexity index is 771. The Labute approximate surface area is 121 Å². The number of benzene rings is 1. The van der Waals surface area contributed by atoms with Gasteiger partial charge in [0.2, 0.25) is 11.7 Å². The number of carbonyl (C=O) groups excluding carboxylic acids is 1. The molecule has 3 aromatic rings. The summed E-state index contributed by atoms with van der Waals surface area (Å²) in [6, 6.07) is 12.9. The van der Waals surface area contributed by atoms with Crippen LogP contribution in [-0.2, 0) is 4.74 Å². The number of hydrogen-bond acceptors (Lipinski definition) is 5. The summed E-state index contributed by atoms with van der Waals surface area (Å²) in [7, 11) is 1.30. The van der Waals surface area contributed by atoms with E-state index < -0.39 is 5.97 Å². The molecule has 0 radical (unpaired) electrons. The van der Waals surface area contributed by atoms with Gasteiger partial charge in [0.05, 0.1) is 7.11 Å². The predicted molar refractivity (Wildman–Crippen MR) is 75.7 cm³/mol. The number of oxazole rings is 1. The van der Waals surface area contributed by atoms with Crippen LogP contribution in [0, 0.1) is 6.92 Å². The lowest BCUT2D eigenvalue weighted by atomic mass is 10.2. The third-order valence-electron chi connectivity index (χ3n) is 2.99. The van der Waals surface area contributed by atoms with Gasteiger partial charge in [0.25, 0.3) is 0 Å². The van der Waals surface area contributed by atoms with Gasteiger partial charge < -0.3 is 13.6 Å². The molecule has 1 aromatic carbocycles. The molecule has 0 saturated heterocycles. The van der Waals surface area contributed by atoms with Crippen molar-refractivity contribution in [2.45, 2.75) is 6.92 Å². The van der Waals surface area contributed by atoms with Crippen molar-refractivity contribution >= 4 is 5.97 Å². The number of methoxy groups -OCH3 is 1. The Hall–Kier alpha value is -2.82. The first kappa shape index (κ1) is 13.2. The molecule has 0 unspecified atom stereocenters. The molecule has 0 aliphatic carbocycles. The molecule has 2 heterocycles. The number of hydrogen-bond donors (Lipinski definition) is 0. The van der Waals surface area contributed by atoms with Gasteiger partial charge >= 0.3 is 5.97 Å². The van der Waals surface area contributed by atoms with E-state index in [4.69, 9.17) is 13.6 Å². The van der Waals surface area contributed by atoms with Crippen LogP contribution < -0.4 is 0 Å². The Balaban J connectivity index is 2.14. The van der Waals surface area contributed by atoms with Crippen LogP contribution in [0.1, 0.15) is 16.2 Å². The molecule has 5 heteroatoms. The van der Waals surface area contributed by atoms with Crippen LogP contribution in [-0.4, -0.2) is 18.1 Å². The van der Waals surface area contributed by atoms with Gasteiger partial charge in [-0.3, -0.25) is 0 Å². The van der Waals surface area contributed by atoms with E-state index in [0.717, 1.165) is 11.3 Å². The topological polar surface area (TPSA) is 65.5 Å². The largest absolute Gasteiger partial charge is 0.464 e. The first-order valence-corrected chi connectivity index (χ1v) is 6.40. The molecule has 0 spiro atoms. The molecule has 5 nitrogen and oxygen atoms in total. The van der Waals surface area contributed by atoms with Gasteiger partial charge in [0, 0.05) is 5.56 Å². The predicted octanol–water partition coefficient (Wildman–Crippen LogP) is 3.70. The lowest BCUT2D eigenvalue weighted by molar-refractivity contribution is 0.0595. The van der Waals surface area contributed by atoms with Crippen LogP contribution in [0.5, 0.6) is 0 Å². The third kappa shape index (κ3) is 2.45. The van der Waals surface area contributed by atoms with Crippen LogP contribution in [0.25, 0.3) is 23.0 Å². The zero-order valence-electron chi connectivity index (χ0n) is 11.6. The monoisotopic (exact) mass is 283 g/mol. The molecule has 0 N–H and O–H groups in total. The smallest absolute Gasteiger partial charge is 0.360 e. The Kier molecular flexibility index (Phi) is 3.31. The molecule has 0 saturated carbocycles. The maximum atomic E-state index is 11.9. The van der Waals surface area contributed by atoms with E-state index in [9.17, 15) is 4.79 Å². The van der Waals surface area contributed by atoms with Crippen molar-refractivity contribution in [1.29, 1.82) is 0 Å². The van der Waals surface area contributed by atoms with Crippen molar-refractivity contribution in [3.05, 3.63) is 53.9 Å². The van der Waals surface area contributed by atoms with Crippen molar-refractivity contribution in [3.63, 3.8) is 0 Å². The minimum absolute atomic E-state index is 0.103. The second kappa shape index (κ2) is 5.28. The molecule has 21 heavy (non-hydrogen) atoms. The minimum Gasteiger partial charge on any atom is -0.464 e. The molecule has 0 aliphatic heterocycles. The molecule has 106 valence electrons. The van der Waals surface area contributed by atoms with Gasteiger partial charge in [-0.05, 0) is 31.2 Å². The summed E-state index contributed by atoms with van der Waals surface area (Å²) >= 11 is 0. The highest BCUT2D eigenvalue weighted by Crippen LogP contribution is 2.31. The fraction of sp³-hybridized carbons (Fsp3) is 0.125. The number of ether oxygens (including phenoxy) is 1. The molecule has 2 aromatic heterocycles. The van der Waals surface area contributed by atoms with Gasteiger partial charge in [-0.1, -0.05) is 18.2 Å². The van der Waals surface area contributed by atoms with E-state index >= 15 is 0 Å². The molecule has 0 amide bonds. The van der Waals surface area contributed by atoms with Crippen molar-refractivity contribution in [2.75, 3.05) is 7.11 Å². The van der Waals surface area contributed by atoms with E-state index in [0.29, 0.717) is 11.7 Å². The van der Waals surface area contributed by atoms with Crippen molar-refractivity contribution in [3.8, 4) is 23.0 Å². The summed E-state index contributed by atoms with van der Waals surface area (Å²) in [5.74, 6) is 1.22. The Morgan fingerprint density at radius 2 is 1.86 bits per heavy atom. The highest BCUT2D eigenvalue weighted by atomic mass is 16.5. The fourth-order valence-corrected chi connectivity index (χ4v) is 1.98. The van der Waals surface area contributed by atoms with Gasteiger partial charge in [0.15, 0.2) is 11.5 Å². The van der Waals surface area contributed by atoms with Crippen LogP contribution in [0.3, 0.4) is 0 Å². The molecular weight excluding hydrogens is 270 g/mol. The van der Waals surface area contributed by atoms with Crippen molar-refractivity contribution < 1.29 is 18.4 Å². The number of rotatable bonds is 3. The second-order valence-electron chi connectivity index (χ2n) is 4.46. The average Bonchev–Trinajstić information content (AvgIpc) is 3.13. The third-order valence-corrected chi connectivity index (χ3v) is 2.99. The fourth-order valence-electron chi connectivity index (χ4n) is 1.98. The number of esters is 1. The van der Waals surface area contributed by atoms with Gasteiger partial charge in [-0.15, -0.1) is 0 Å². The number of nitrogens with zero attached hydrogens (tertiary/aromatic N) is 1. The number of aromatic nitrogens is 1. The summed E-state index contributed by atoms with van der Waals surface area (Å²) < 4.78 is 16.0. The van der Waals surface area contributed by atoms with Crippen LogP contribution >= 0.6 is 0 Å². The second-order valence-corrected chi connectivity index (χ2v) is 4.46. The van der Waals surface area contributed by atoms with Crippen LogP contribution in [0.4, 0.5) is 0 Å². The average molecular weight is 283 g/mol. The number of furan rings is 1. The molecule has 0 fully saturated rings. The maximum absolute atomic E-state index is 11.9. The number of carbonyl (C=O) groups is 1. The maximum Gasteiger partial charge on any atom is 0.360 e. The zero-order valence-corrected chi connectivity index (χ0v) is 11.6. The van der Waals surface area contributed by atoms with E-state index in [1.54, 1.807) is 12.1 Å². The molecule has 0 atom stereocenters. The summed E-state index contributed by atoms with van der Waals surface area (Å²) in [5, 5.41) is 0. The van der Waals surface area contributed by atoms with Gasteiger partial charge in [0.1, 0.15) is 5.76 Å². The van der Waals surface area contributed by atoms with Gasteiger partial charge in [-0.2, -0.15) is 0 Å². The summed E-state index contributed by atoms with van der Waals surface area (Å²) in [4.78, 5) is 16.1. The highest BCUT2D eigenvalue weighted by molar-refractivity contribution is 5.93. The Morgan fingerprint density at radius 3 is 2.48 bits per heavy atom. The van der Waals surface area contributed by atoms with E-state index in [2.05, 4.69) is 4.98 Å². The van der Waals surface area contributed by atoms with Crippen LogP contribution in [0.2, 0.25) is 0 Å². The first-order chi connectivity index (χ1) is 10.2. The SMILES string of the molecule is COC(=O)c1nc(-c2ccccc2)oc1-c1ccc(C)o1. The quantitative estimate of drug-likeness (QED) is 0.686. The Morgan fingerprint density at radius 1 is 1.10 bits per heavy atom. The summed E-state index contributed by atoms with van der Waals surface area (Å²) in [5.41, 5.74) is 0.878. The summed E-state index contributed by atoms with van der Waals surface area (Å²) in [6.45, 7) is 1.82. The molecular formula is C16H13NO4. The van der Waals surface area contributed by atoms with E-state index in [1.165, 1.54) is 7.11 Å².